The van der Waals surface area contributed by atoms with Crippen LogP contribution in [0.3, 0.4) is 0 Å². The first-order valence-corrected chi connectivity index (χ1v) is 7.03. The maximum absolute atomic E-state index is 2.53. The highest BCUT2D eigenvalue weighted by atomic mass is 15.2. The summed E-state index contributed by atoms with van der Waals surface area (Å²) in [6.45, 7) is 7.82. The van der Waals surface area contributed by atoms with Gasteiger partial charge in [0, 0.05) is 18.6 Å². The smallest absolute Gasteiger partial charge is 0.0326 e. The zero-order chi connectivity index (χ0) is 13.7. The number of nitrogens with zero attached hydrogens (tertiary/aromatic N) is 1. The Morgan fingerprint density at radius 3 is 1.84 bits per heavy atom. The minimum absolute atomic E-state index is 0.432. The second-order valence-electron chi connectivity index (χ2n) is 5.34. The summed E-state index contributed by atoms with van der Waals surface area (Å²) in [6, 6.07) is 22.4. The fourth-order valence-electron chi connectivity index (χ4n) is 2.48. The van der Waals surface area contributed by atoms with E-state index < -0.39 is 0 Å². The van der Waals surface area contributed by atoms with Crippen LogP contribution in [-0.4, -0.2) is 10.9 Å². The first-order chi connectivity index (χ1) is 9.18. The third-order valence-corrected chi connectivity index (χ3v) is 3.65. The van der Waals surface area contributed by atoms with E-state index in [1.165, 1.54) is 11.1 Å². The van der Waals surface area contributed by atoms with Crippen LogP contribution in [0.2, 0.25) is 0 Å². The van der Waals surface area contributed by atoms with Gasteiger partial charge >= 0.3 is 0 Å². The first-order valence-electron chi connectivity index (χ1n) is 7.03. The lowest BCUT2D eigenvalue weighted by Gasteiger charge is -2.33. The van der Waals surface area contributed by atoms with Gasteiger partial charge in [0.1, 0.15) is 0 Å². The molecular weight excluding hydrogens is 230 g/mol. The topological polar surface area (TPSA) is 3.24 Å². The first kappa shape index (κ1) is 13.8. The summed E-state index contributed by atoms with van der Waals surface area (Å²) in [7, 11) is 0. The molecule has 0 aliphatic rings. The van der Waals surface area contributed by atoms with Crippen LogP contribution in [0.5, 0.6) is 0 Å². The highest BCUT2D eigenvalue weighted by Crippen LogP contribution is 2.24. The van der Waals surface area contributed by atoms with Crippen LogP contribution in [-0.2, 0) is 6.54 Å². The maximum Gasteiger partial charge on any atom is 0.0326 e. The van der Waals surface area contributed by atoms with E-state index in [0.717, 1.165) is 6.54 Å². The van der Waals surface area contributed by atoms with Crippen LogP contribution in [0.15, 0.2) is 60.7 Å². The van der Waals surface area contributed by atoms with Gasteiger partial charge in [-0.25, -0.2) is 0 Å². The molecule has 0 heterocycles. The van der Waals surface area contributed by atoms with Crippen LogP contribution >= 0.6 is 0 Å². The fourth-order valence-corrected chi connectivity index (χ4v) is 2.48. The van der Waals surface area contributed by atoms with E-state index in [1.54, 1.807) is 0 Å². The molecule has 0 aromatic heterocycles. The summed E-state index contributed by atoms with van der Waals surface area (Å²) in [5.41, 5.74) is 2.76. The van der Waals surface area contributed by atoms with Crippen molar-refractivity contribution in [2.24, 2.45) is 0 Å². The van der Waals surface area contributed by atoms with Crippen LogP contribution in [0.1, 0.15) is 37.9 Å². The predicted octanol–water partition coefficient (Wildman–Crippen LogP) is 4.66. The van der Waals surface area contributed by atoms with Crippen molar-refractivity contribution in [3.05, 3.63) is 71.8 Å². The van der Waals surface area contributed by atoms with Gasteiger partial charge < -0.3 is 0 Å². The summed E-state index contributed by atoms with van der Waals surface area (Å²) in [5, 5.41) is 0. The van der Waals surface area contributed by atoms with E-state index in [4.69, 9.17) is 0 Å². The molecule has 0 saturated heterocycles. The van der Waals surface area contributed by atoms with Gasteiger partial charge in [0.2, 0.25) is 0 Å². The minimum Gasteiger partial charge on any atom is -0.290 e. The molecule has 1 atom stereocenters. The molecule has 1 heteroatoms. The minimum atomic E-state index is 0.432. The second kappa shape index (κ2) is 6.53. The average Bonchev–Trinajstić information content (AvgIpc) is 2.46. The monoisotopic (exact) mass is 253 g/mol. The second-order valence-corrected chi connectivity index (χ2v) is 5.34. The lowest BCUT2D eigenvalue weighted by Crippen LogP contribution is -2.33. The molecule has 0 unspecified atom stereocenters. The number of hydrogen-bond donors (Lipinski definition) is 0. The molecule has 0 saturated carbocycles. The third-order valence-electron chi connectivity index (χ3n) is 3.65. The molecule has 0 aliphatic carbocycles. The molecule has 0 fully saturated rings. The van der Waals surface area contributed by atoms with Gasteiger partial charge in [-0.2, -0.15) is 0 Å². The highest BCUT2D eigenvalue weighted by Gasteiger charge is 2.18. The standard InChI is InChI=1S/C18H23N/c1-15(2)19(14-17-10-6-4-7-11-17)16(3)18-12-8-5-9-13-18/h4-13,15-16H,14H2,1-3H3/t16-/m1/s1. The number of benzene rings is 2. The number of rotatable bonds is 5. The molecule has 0 amide bonds. The van der Waals surface area contributed by atoms with Crippen LogP contribution in [0, 0.1) is 0 Å². The van der Waals surface area contributed by atoms with Crippen LogP contribution < -0.4 is 0 Å². The quantitative estimate of drug-likeness (QED) is 0.749. The van der Waals surface area contributed by atoms with Crippen molar-refractivity contribution in [1.29, 1.82) is 0 Å². The van der Waals surface area contributed by atoms with Crippen molar-refractivity contribution in [3.63, 3.8) is 0 Å². The summed E-state index contributed by atoms with van der Waals surface area (Å²) < 4.78 is 0. The van der Waals surface area contributed by atoms with Gasteiger partial charge in [0.15, 0.2) is 0 Å². The van der Waals surface area contributed by atoms with E-state index in [1.807, 2.05) is 0 Å². The van der Waals surface area contributed by atoms with Crippen molar-refractivity contribution in [2.75, 3.05) is 0 Å². The third kappa shape index (κ3) is 3.68. The Labute approximate surface area is 116 Å². The Morgan fingerprint density at radius 1 is 0.789 bits per heavy atom. The summed E-state index contributed by atoms with van der Waals surface area (Å²) in [6.07, 6.45) is 0. The van der Waals surface area contributed by atoms with Crippen molar-refractivity contribution >= 4 is 0 Å². The molecule has 0 bridgehead atoms. The van der Waals surface area contributed by atoms with E-state index in [9.17, 15) is 0 Å². The van der Waals surface area contributed by atoms with Gasteiger partial charge in [-0.3, -0.25) is 4.90 Å². The Kier molecular flexibility index (Phi) is 4.75. The average molecular weight is 253 g/mol. The van der Waals surface area contributed by atoms with E-state index >= 15 is 0 Å². The van der Waals surface area contributed by atoms with Crippen LogP contribution in [0.25, 0.3) is 0 Å². The Morgan fingerprint density at radius 2 is 1.32 bits per heavy atom. The van der Waals surface area contributed by atoms with Crippen molar-refractivity contribution < 1.29 is 0 Å². The van der Waals surface area contributed by atoms with Crippen molar-refractivity contribution in [1.82, 2.24) is 4.90 Å². The normalized spacial score (nSPS) is 12.9. The van der Waals surface area contributed by atoms with Crippen molar-refractivity contribution in [3.8, 4) is 0 Å². The largest absolute Gasteiger partial charge is 0.290 e. The molecule has 0 aliphatic heterocycles. The molecule has 1 nitrogen and oxygen atoms in total. The van der Waals surface area contributed by atoms with Gasteiger partial charge in [-0.15, -0.1) is 0 Å². The van der Waals surface area contributed by atoms with Gasteiger partial charge in [-0.1, -0.05) is 60.7 Å². The number of hydrogen-bond acceptors (Lipinski definition) is 1. The molecule has 2 rings (SSSR count). The van der Waals surface area contributed by atoms with Crippen LogP contribution in [0.4, 0.5) is 0 Å². The van der Waals surface area contributed by atoms with E-state index in [0.29, 0.717) is 12.1 Å². The van der Waals surface area contributed by atoms with Gasteiger partial charge in [0.25, 0.3) is 0 Å². The molecule has 19 heavy (non-hydrogen) atoms. The lowest BCUT2D eigenvalue weighted by molar-refractivity contribution is 0.155. The maximum atomic E-state index is 2.53. The highest BCUT2D eigenvalue weighted by molar-refractivity contribution is 5.20. The van der Waals surface area contributed by atoms with Gasteiger partial charge in [0.05, 0.1) is 0 Å². The lowest BCUT2D eigenvalue weighted by atomic mass is 10.0. The molecule has 0 N–H and O–H groups in total. The summed E-state index contributed by atoms with van der Waals surface area (Å²) in [5.74, 6) is 0. The molecule has 0 spiro atoms. The zero-order valence-electron chi connectivity index (χ0n) is 12.1. The summed E-state index contributed by atoms with van der Waals surface area (Å²) in [4.78, 5) is 2.53. The molecule has 100 valence electrons. The fraction of sp³-hybridized carbons (Fsp3) is 0.333. The molecule has 2 aromatic carbocycles. The summed E-state index contributed by atoms with van der Waals surface area (Å²) >= 11 is 0. The Hall–Kier alpha value is -1.60. The zero-order valence-corrected chi connectivity index (χ0v) is 12.1. The van der Waals surface area contributed by atoms with Gasteiger partial charge in [-0.05, 0) is 31.9 Å². The molecule has 0 radical (unpaired) electrons. The Balaban J connectivity index is 2.17. The van der Waals surface area contributed by atoms with Crippen molar-refractivity contribution in [2.45, 2.75) is 39.4 Å². The van der Waals surface area contributed by atoms with E-state index in [2.05, 4.69) is 86.3 Å². The Bertz CT molecular complexity index is 476. The molecule has 2 aromatic rings. The predicted molar refractivity (Wildman–Crippen MR) is 82.0 cm³/mol. The molecular formula is C18H23N. The van der Waals surface area contributed by atoms with E-state index in [-0.39, 0.29) is 0 Å². The SMILES string of the molecule is CC(C)N(Cc1ccccc1)[C@H](C)c1ccccc1.